The van der Waals surface area contributed by atoms with Crippen LogP contribution < -0.4 is 0 Å². The molecule has 0 aliphatic heterocycles. The topological polar surface area (TPSA) is 40.6 Å². The van der Waals surface area contributed by atoms with Crippen LogP contribution in [0.2, 0.25) is 0 Å². The van der Waals surface area contributed by atoms with Crippen molar-refractivity contribution in [3.05, 3.63) is 70.4 Å². The average molecular weight is 427 g/mol. The van der Waals surface area contributed by atoms with E-state index in [4.69, 9.17) is 0 Å². The highest BCUT2D eigenvalue weighted by molar-refractivity contribution is 7.11. The SMILES string of the molecule is C=CCN(CC(=O)N(Cc1ccccc1)Cc1ccc(C)s1)C(=O)CCCCCC. The second-order valence-electron chi connectivity index (χ2n) is 7.62. The fourth-order valence-corrected chi connectivity index (χ4v) is 4.24. The summed E-state index contributed by atoms with van der Waals surface area (Å²) in [5.41, 5.74) is 1.08. The van der Waals surface area contributed by atoms with E-state index in [0.29, 0.717) is 26.1 Å². The average Bonchev–Trinajstić information content (AvgIpc) is 3.15. The first-order valence-corrected chi connectivity index (χ1v) is 11.6. The Morgan fingerprint density at radius 3 is 2.37 bits per heavy atom. The monoisotopic (exact) mass is 426 g/mol. The van der Waals surface area contributed by atoms with Crippen molar-refractivity contribution in [2.24, 2.45) is 0 Å². The molecule has 2 amide bonds. The van der Waals surface area contributed by atoms with Crippen molar-refractivity contribution in [3.63, 3.8) is 0 Å². The molecule has 162 valence electrons. The number of thiophene rings is 1. The van der Waals surface area contributed by atoms with Crippen molar-refractivity contribution in [2.75, 3.05) is 13.1 Å². The lowest BCUT2D eigenvalue weighted by molar-refractivity contribution is -0.140. The Kier molecular flexibility index (Phi) is 10.4. The summed E-state index contributed by atoms with van der Waals surface area (Å²) >= 11 is 1.70. The van der Waals surface area contributed by atoms with E-state index in [1.165, 1.54) is 4.88 Å². The Morgan fingerprint density at radius 2 is 1.73 bits per heavy atom. The van der Waals surface area contributed by atoms with Crippen molar-refractivity contribution in [1.82, 2.24) is 9.80 Å². The summed E-state index contributed by atoms with van der Waals surface area (Å²) in [5.74, 6) is -0.000327. The predicted octanol–water partition coefficient (Wildman–Crippen LogP) is 5.57. The Hall–Kier alpha value is -2.40. The van der Waals surface area contributed by atoms with Crippen molar-refractivity contribution in [3.8, 4) is 0 Å². The van der Waals surface area contributed by atoms with Crippen LogP contribution in [-0.4, -0.2) is 34.7 Å². The van der Waals surface area contributed by atoms with E-state index >= 15 is 0 Å². The third-order valence-electron chi connectivity index (χ3n) is 4.98. The molecule has 0 bridgehead atoms. The first-order chi connectivity index (χ1) is 14.5. The molecule has 5 heteroatoms. The van der Waals surface area contributed by atoms with Gasteiger partial charge in [-0.05, 0) is 31.0 Å². The molecule has 1 aromatic carbocycles. The van der Waals surface area contributed by atoms with Gasteiger partial charge in [-0.25, -0.2) is 0 Å². The second-order valence-corrected chi connectivity index (χ2v) is 8.99. The lowest BCUT2D eigenvalue weighted by atomic mass is 10.1. The van der Waals surface area contributed by atoms with Crippen molar-refractivity contribution >= 4 is 23.2 Å². The normalized spacial score (nSPS) is 10.6. The zero-order valence-corrected chi connectivity index (χ0v) is 19.1. The summed E-state index contributed by atoms with van der Waals surface area (Å²) in [4.78, 5) is 31.8. The first kappa shape index (κ1) is 23.9. The smallest absolute Gasteiger partial charge is 0.242 e. The van der Waals surface area contributed by atoms with Crippen molar-refractivity contribution < 1.29 is 9.59 Å². The molecule has 4 nitrogen and oxygen atoms in total. The Balaban J connectivity index is 2.07. The van der Waals surface area contributed by atoms with E-state index in [1.807, 2.05) is 35.2 Å². The summed E-state index contributed by atoms with van der Waals surface area (Å²) in [6.45, 7) is 9.57. The van der Waals surface area contributed by atoms with Gasteiger partial charge in [0.2, 0.25) is 11.8 Å². The van der Waals surface area contributed by atoms with Gasteiger partial charge in [-0.2, -0.15) is 0 Å². The van der Waals surface area contributed by atoms with Gasteiger partial charge in [0.05, 0.1) is 6.54 Å². The highest BCUT2D eigenvalue weighted by Crippen LogP contribution is 2.19. The molecule has 0 fully saturated rings. The molecule has 0 saturated heterocycles. The predicted molar refractivity (Wildman–Crippen MR) is 125 cm³/mol. The third kappa shape index (κ3) is 8.15. The van der Waals surface area contributed by atoms with Gasteiger partial charge in [0.1, 0.15) is 6.54 Å². The van der Waals surface area contributed by atoms with Crippen LogP contribution in [0.4, 0.5) is 0 Å². The quantitative estimate of drug-likeness (QED) is 0.310. The third-order valence-corrected chi connectivity index (χ3v) is 5.97. The zero-order valence-electron chi connectivity index (χ0n) is 18.3. The van der Waals surface area contributed by atoms with Crippen LogP contribution in [-0.2, 0) is 22.7 Å². The van der Waals surface area contributed by atoms with Gasteiger partial charge < -0.3 is 9.80 Å². The lowest BCUT2D eigenvalue weighted by Gasteiger charge is -2.27. The maximum absolute atomic E-state index is 13.2. The molecule has 0 aliphatic rings. The minimum Gasteiger partial charge on any atom is -0.332 e. The number of nitrogens with zero attached hydrogens (tertiary/aromatic N) is 2. The van der Waals surface area contributed by atoms with Gasteiger partial charge in [-0.15, -0.1) is 17.9 Å². The van der Waals surface area contributed by atoms with Gasteiger partial charge in [0.15, 0.2) is 0 Å². The summed E-state index contributed by atoms with van der Waals surface area (Å²) in [6, 6.07) is 14.1. The van der Waals surface area contributed by atoms with E-state index in [2.05, 4.69) is 32.6 Å². The number of hydrogen-bond acceptors (Lipinski definition) is 3. The maximum Gasteiger partial charge on any atom is 0.242 e. The van der Waals surface area contributed by atoms with Crippen LogP contribution in [0.15, 0.2) is 55.1 Å². The number of carbonyl (C=O) groups is 2. The molecule has 0 unspecified atom stereocenters. The molecule has 0 N–H and O–H groups in total. The number of aryl methyl sites for hydroxylation is 1. The minimum atomic E-state index is -0.0336. The van der Waals surface area contributed by atoms with Gasteiger partial charge >= 0.3 is 0 Å². The molecule has 0 atom stereocenters. The second kappa shape index (κ2) is 13.0. The Labute approximate surface area is 185 Å². The van der Waals surface area contributed by atoms with Gasteiger partial charge in [0.25, 0.3) is 0 Å². The summed E-state index contributed by atoms with van der Waals surface area (Å²) in [7, 11) is 0. The molecule has 1 aromatic heterocycles. The molecule has 2 rings (SSSR count). The highest BCUT2D eigenvalue weighted by Gasteiger charge is 2.21. The van der Waals surface area contributed by atoms with Crippen molar-refractivity contribution in [1.29, 1.82) is 0 Å². The Bertz CT molecular complexity index is 800. The maximum atomic E-state index is 13.2. The molecular formula is C25H34N2O2S. The van der Waals surface area contributed by atoms with Gasteiger partial charge in [-0.1, -0.05) is 62.6 Å². The summed E-state index contributed by atoms with van der Waals surface area (Å²) in [6.07, 6.45) is 6.39. The minimum absolute atomic E-state index is 0.0333. The van der Waals surface area contributed by atoms with E-state index in [0.717, 1.165) is 36.1 Å². The van der Waals surface area contributed by atoms with Crippen LogP contribution in [0.1, 0.15) is 54.3 Å². The van der Waals surface area contributed by atoms with Crippen LogP contribution in [0.5, 0.6) is 0 Å². The summed E-state index contributed by atoms with van der Waals surface area (Å²) in [5, 5.41) is 0. The zero-order chi connectivity index (χ0) is 21.8. The molecule has 1 heterocycles. The van der Waals surface area contributed by atoms with Crippen LogP contribution >= 0.6 is 11.3 Å². The van der Waals surface area contributed by atoms with E-state index in [9.17, 15) is 9.59 Å². The molecule has 30 heavy (non-hydrogen) atoms. The Morgan fingerprint density at radius 1 is 0.967 bits per heavy atom. The lowest BCUT2D eigenvalue weighted by Crippen LogP contribution is -2.42. The number of benzene rings is 1. The standard InChI is InChI=1S/C25H34N2O2S/c1-4-6-7-11-14-24(28)26(17-5-2)20-25(29)27(18-22-12-9-8-10-13-22)19-23-16-15-21(3)30-23/h5,8-10,12-13,15-16H,2,4,6-7,11,14,17-20H2,1,3H3. The number of amides is 2. The van der Waals surface area contributed by atoms with E-state index < -0.39 is 0 Å². The van der Waals surface area contributed by atoms with Crippen LogP contribution in [0.25, 0.3) is 0 Å². The number of unbranched alkanes of at least 4 members (excludes halogenated alkanes) is 3. The molecule has 0 saturated carbocycles. The molecular weight excluding hydrogens is 392 g/mol. The molecule has 2 aromatic rings. The van der Waals surface area contributed by atoms with Gasteiger partial charge in [-0.3, -0.25) is 9.59 Å². The largest absolute Gasteiger partial charge is 0.332 e. The fraction of sp³-hybridized carbons (Fsp3) is 0.440. The highest BCUT2D eigenvalue weighted by atomic mass is 32.1. The molecule has 0 aliphatic carbocycles. The van der Waals surface area contributed by atoms with Crippen LogP contribution in [0, 0.1) is 6.92 Å². The first-order valence-electron chi connectivity index (χ1n) is 10.8. The van der Waals surface area contributed by atoms with Crippen molar-refractivity contribution in [2.45, 2.75) is 59.0 Å². The number of hydrogen-bond donors (Lipinski definition) is 0. The summed E-state index contributed by atoms with van der Waals surface area (Å²) < 4.78 is 0. The number of carbonyl (C=O) groups excluding carboxylic acids is 2. The van der Waals surface area contributed by atoms with Gasteiger partial charge in [0, 0.05) is 29.3 Å². The van der Waals surface area contributed by atoms with E-state index in [1.54, 1.807) is 22.3 Å². The number of rotatable bonds is 13. The van der Waals surface area contributed by atoms with Crippen LogP contribution in [0.3, 0.4) is 0 Å². The molecule has 0 radical (unpaired) electrons. The van der Waals surface area contributed by atoms with E-state index in [-0.39, 0.29) is 18.4 Å². The molecule has 0 spiro atoms. The fourth-order valence-electron chi connectivity index (χ4n) is 3.33.